The fraction of sp³-hybridized carbons (Fsp3) is 0.400. The molecule has 2 rings (SSSR count). The molecular formula is C10H15N5. The number of imidazole rings is 2. The van der Waals surface area contributed by atoms with Crippen molar-refractivity contribution in [2.45, 2.75) is 19.5 Å². The van der Waals surface area contributed by atoms with Crippen LogP contribution in [0.5, 0.6) is 0 Å². The van der Waals surface area contributed by atoms with Crippen LogP contribution in [0.2, 0.25) is 0 Å². The monoisotopic (exact) mass is 205 g/mol. The predicted molar refractivity (Wildman–Crippen MR) is 58.5 cm³/mol. The van der Waals surface area contributed by atoms with E-state index in [1.165, 1.54) is 0 Å². The Morgan fingerprint density at radius 2 is 2.27 bits per heavy atom. The lowest BCUT2D eigenvalue weighted by Gasteiger charge is -2.14. The second-order valence-electron chi connectivity index (χ2n) is 3.67. The summed E-state index contributed by atoms with van der Waals surface area (Å²) < 4.78 is 4.00. The van der Waals surface area contributed by atoms with Crippen molar-refractivity contribution in [3.05, 3.63) is 31.1 Å². The largest absolute Gasteiger partial charge is 0.351 e. The SMILES string of the molecule is CC(Cn1ccnc1)Nc1nccn1C. The van der Waals surface area contributed by atoms with Gasteiger partial charge in [-0.05, 0) is 6.92 Å². The first-order chi connectivity index (χ1) is 7.25. The molecule has 5 nitrogen and oxygen atoms in total. The van der Waals surface area contributed by atoms with Crippen molar-refractivity contribution >= 4 is 5.95 Å². The highest BCUT2D eigenvalue weighted by Gasteiger charge is 2.05. The first-order valence-electron chi connectivity index (χ1n) is 4.95. The Labute approximate surface area is 88.8 Å². The topological polar surface area (TPSA) is 47.7 Å². The summed E-state index contributed by atoms with van der Waals surface area (Å²) in [7, 11) is 1.97. The molecule has 0 fully saturated rings. The molecule has 1 unspecified atom stereocenters. The van der Waals surface area contributed by atoms with Crippen molar-refractivity contribution in [3.8, 4) is 0 Å². The van der Waals surface area contributed by atoms with Gasteiger partial charge < -0.3 is 14.5 Å². The summed E-state index contributed by atoms with van der Waals surface area (Å²) in [5, 5.41) is 3.33. The molecule has 15 heavy (non-hydrogen) atoms. The molecule has 2 heterocycles. The van der Waals surface area contributed by atoms with Gasteiger partial charge >= 0.3 is 0 Å². The van der Waals surface area contributed by atoms with E-state index in [1.807, 2.05) is 34.9 Å². The highest BCUT2D eigenvalue weighted by Crippen LogP contribution is 2.04. The third-order valence-corrected chi connectivity index (χ3v) is 2.24. The zero-order chi connectivity index (χ0) is 10.7. The quantitative estimate of drug-likeness (QED) is 0.813. The lowest BCUT2D eigenvalue weighted by molar-refractivity contribution is 0.612. The van der Waals surface area contributed by atoms with E-state index in [9.17, 15) is 0 Å². The van der Waals surface area contributed by atoms with Gasteiger partial charge in [0.1, 0.15) is 0 Å². The average molecular weight is 205 g/mol. The Kier molecular flexibility index (Phi) is 2.71. The van der Waals surface area contributed by atoms with Crippen molar-refractivity contribution in [3.63, 3.8) is 0 Å². The molecule has 0 aromatic carbocycles. The van der Waals surface area contributed by atoms with E-state index in [0.29, 0.717) is 6.04 Å². The molecule has 0 aliphatic heterocycles. The maximum absolute atomic E-state index is 4.21. The van der Waals surface area contributed by atoms with Gasteiger partial charge in [0.25, 0.3) is 0 Å². The molecule has 0 saturated carbocycles. The number of aromatic nitrogens is 4. The van der Waals surface area contributed by atoms with Crippen LogP contribution in [0.4, 0.5) is 5.95 Å². The Morgan fingerprint density at radius 1 is 1.40 bits per heavy atom. The summed E-state index contributed by atoms with van der Waals surface area (Å²) in [5.41, 5.74) is 0. The van der Waals surface area contributed by atoms with Gasteiger partial charge in [-0.3, -0.25) is 0 Å². The summed E-state index contributed by atoms with van der Waals surface area (Å²) in [6, 6.07) is 0.320. The van der Waals surface area contributed by atoms with Crippen LogP contribution in [0.3, 0.4) is 0 Å². The minimum atomic E-state index is 0.320. The second-order valence-corrected chi connectivity index (χ2v) is 3.67. The van der Waals surface area contributed by atoms with E-state index in [4.69, 9.17) is 0 Å². The van der Waals surface area contributed by atoms with E-state index in [0.717, 1.165) is 12.5 Å². The molecule has 0 aliphatic rings. The molecule has 1 atom stereocenters. The van der Waals surface area contributed by atoms with Crippen LogP contribution in [0.25, 0.3) is 0 Å². The fourth-order valence-corrected chi connectivity index (χ4v) is 1.48. The number of hydrogen-bond acceptors (Lipinski definition) is 3. The minimum absolute atomic E-state index is 0.320. The maximum atomic E-state index is 4.21. The molecule has 5 heteroatoms. The number of anilines is 1. The summed E-state index contributed by atoms with van der Waals surface area (Å²) in [6.45, 7) is 3.00. The summed E-state index contributed by atoms with van der Waals surface area (Å²) in [4.78, 5) is 8.22. The molecule has 0 bridgehead atoms. The Bertz CT molecular complexity index is 403. The molecule has 2 aromatic rings. The van der Waals surface area contributed by atoms with Crippen molar-refractivity contribution < 1.29 is 0 Å². The third-order valence-electron chi connectivity index (χ3n) is 2.24. The average Bonchev–Trinajstić information content (AvgIpc) is 2.79. The highest BCUT2D eigenvalue weighted by molar-refractivity contribution is 5.26. The van der Waals surface area contributed by atoms with Crippen LogP contribution < -0.4 is 5.32 Å². The number of rotatable bonds is 4. The molecule has 1 N–H and O–H groups in total. The normalized spacial score (nSPS) is 12.7. The molecule has 2 aromatic heterocycles. The summed E-state index contributed by atoms with van der Waals surface area (Å²) in [6.07, 6.45) is 9.26. The van der Waals surface area contributed by atoms with E-state index < -0.39 is 0 Å². The molecule has 0 spiro atoms. The molecule has 0 radical (unpaired) electrons. The van der Waals surface area contributed by atoms with E-state index in [-0.39, 0.29) is 0 Å². The van der Waals surface area contributed by atoms with E-state index in [1.54, 1.807) is 12.4 Å². The smallest absolute Gasteiger partial charge is 0.202 e. The van der Waals surface area contributed by atoms with Crippen LogP contribution in [-0.4, -0.2) is 25.1 Å². The number of nitrogens with zero attached hydrogens (tertiary/aromatic N) is 4. The van der Waals surface area contributed by atoms with Crippen molar-refractivity contribution in [1.82, 2.24) is 19.1 Å². The highest BCUT2D eigenvalue weighted by atomic mass is 15.2. The summed E-state index contributed by atoms with van der Waals surface area (Å²) in [5.74, 6) is 0.891. The van der Waals surface area contributed by atoms with Gasteiger partial charge in [-0.25, -0.2) is 9.97 Å². The Morgan fingerprint density at radius 3 is 2.87 bits per heavy atom. The molecule has 0 saturated heterocycles. The Balaban J connectivity index is 1.93. The van der Waals surface area contributed by atoms with Crippen molar-refractivity contribution in [1.29, 1.82) is 0 Å². The third kappa shape index (κ3) is 2.37. The fourth-order valence-electron chi connectivity index (χ4n) is 1.48. The summed E-state index contributed by atoms with van der Waals surface area (Å²) >= 11 is 0. The minimum Gasteiger partial charge on any atom is -0.351 e. The van der Waals surface area contributed by atoms with Crippen LogP contribution in [0.15, 0.2) is 31.1 Å². The van der Waals surface area contributed by atoms with Gasteiger partial charge in [0.15, 0.2) is 0 Å². The number of hydrogen-bond donors (Lipinski definition) is 1. The molecule has 0 amide bonds. The van der Waals surface area contributed by atoms with Crippen molar-refractivity contribution in [2.75, 3.05) is 5.32 Å². The number of aryl methyl sites for hydroxylation is 1. The van der Waals surface area contributed by atoms with Crippen molar-refractivity contribution in [2.24, 2.45) is 7.05 Å². The van der Waals surface area contributed by atoms with Crippen LogP contribution in [-0.2, 0) is 13.6 Å². The van der Waals surface area contributed by atoms with E-state index in [2.05, 4.69) is 22.2 Å². The second kappa shape index (κ2) is 4.16. The van der Waals surface area contributed by atoms with Crippen LogP contribution in [0.1, 0.15) is 6.92 Å². The zero-order valence-corrected chi connectivity index (χ0v) is 8.96. The van der Waals surface area contributed by atoms with E-state index >= 15 is 0 Å². The molecular weight excluding hydrogens is 190 g/mol. The lowest BCUT2D eigenvalue weighted by atomic mass is 10.3. The number of nitrogens with one attached hydrogen (secondary N) is 1. The Hall–Kier alpha value is -1.78. The first-order valence-corrected chi connectivity index (χ1v) is 4.95. The van der Waals surface area contributed by atoms with Gasteiger partial charge in [0, 0.05) is 44.4 Å². The molecule has 0 aliphatic carbocycles. The molecule has 80 valence electrons. The standard InChI is InChI=1S/C10H15N5/c1-9(7-15-6-3-11-8-15)13-10-12-4-5-14(10)2/h3-6,8-9H,7H2,1-2H3,(H,12,13). The first kappa shape index (κ1) is 9.76. The lowest BCUT2D eigenvalue weighted by Crippen LogP contribution is -2.23. The van der Waals surface area contributed by atoms with Crippen LogP contribution >= 0.6 is 0 Å². The predicted octanol–water partition coefficient (Wildman–Crippen LogP) is 1.12. The van der Waals surface area contributed by atoms with Gasteiger partial charge in [0.05, 0.1) is 6.33 Å². The van der Waals surface area contributed by atoms with Crippen LogP contribution in [0, 0.1) is 0 Å². The zero-order valence-electron chi connectivity index (χ0n) is 8.96. The van der Waals surface area contributed by atoms with Gasteiger partial charge in [-0.2, -0.15) is 0 Å². The van der Waals surface area contributed by atoms with Gasteiger partial charge in [-0.1, -0.05) is 0 Å². The van der Waals surface area contributed by atoms with Gasteiger partial charge in [0.2, 0.25) is 5.95 Å². The maximum Gasteiger partial charge on any atom is 0.202 e. The van der Waals surface area contributed by atoms with Gasteiger partial charge in [-0.15, -0.1) is 0 Å².